The first kappa shape index (κ1) is 21.9. The van der Waals surface area contributed by atoms with E-state index < -0.39 is 6.67 Å². The molecule has 8 heteroatoms. The van der Waals surface area contributed by atoms with E-state index >= 15 is 0 Å². The van der Waals surface area contributed by atoms with E-state index in [1.54, 1.807) is 12.1 Å². The van der Waals surface area contributed by atoms with Crippen LogP contribution in [0.2, 0.25) is 0 Å². The second-order valence-electron chi connectivity index (χ2n) is 7.15. The molecule has 1 saturated heterocycles. The van der Waals surface area contributed by atoms with Crippen LogP contribution in [0.4, 0.5) is 10.1 Å². The van der Waals surface area contributed by atoms with Crippen LogP contribution in [0.25, 0.3) is 0 Å². The van der Waals surface area contributed by atoms with E-state index in [-0.39, 0.29) is 18.7 Å². The van der Waals surface area contributed by atoms with E-state index in [9.17, 15) is 4.39 Å². The molecule has 0 unspecified atom stereocenters. The number of benzene rings is 2. The molecule has 2 N–H and O–H groups in total. The highest BCUT2D eigenvalue weighted by Gasteiger charge is 2.25. The van der Waals surface area contributed by atoms with E-state index in [4.69, 9.17) is 4.74 Å². The van der Waals surface area contributed by atoms with Gasteiger partial charge in [-0.1, -0.05) is 30.3 Å². The first-order valence-electron chi connectivity index (χ1n) is 10.2. The predicted molar refractivity (Wildman–Crippen MR) is 118 cm³/mol. The molecule has 0 amide bonds. The maximum Gasteiger partial charge on any atom is 0.124 e. The third-order valence-corrected chi connectivity index (χ3v) is 5.16. The van der Waals surface area contributed by atoms with E-state index in [1.165, 1.54) is 5.56 Å². The Morgan fingerprint density at radius 1 is 1.27 bits per heavy atom. The average Bonchev–Trinajstić information content (AvgIpc) is 2.80. The molecule has 2 atom stereocenters. The van der Waals surface area contributed by atoms with Gasteiger partial charge in [0.15, 0.2) is 0 Å². The number of piperidine rings is 1. The van der Waals surface area contributed by atoms with E-state index in [2.05, 4.69) is 57.2 Å². The fourth-order valence-electron chi connectivity index (χ4n) is 3.69. The zero-order valence-electron chi connectivity index (χ0n) is 17.3. The first-order chi connectivity index (χ1) is 14.7. The fraction of sp³-hybridized carbons (Fsp3) is 0.409. The van der Waals surface area contributed by atoms with Crippen LogP contribution in [0.5, 0.6) is 5.75 Å². The number of hydrogen-bond acceptors (Lipinski definition) is 5. The van der Waals surface area contributed by atoms with Crippen LogP contribution in [0, 0.1) is 0 Å². The van der Waals surface area contributed by atoms with Crippen LogP contribution >= 0.6 is 0 Å². The molecular weight excluding hydrogens is 383 g/mol. The SMILES string of the molecule is C=N/N=N\N(C)c1ccc(OCCF)c(CN[C@H]2CCCN[C@H]2c2ccccc2)c1. The molecule has 7 nitrogen and oxygen atoms in total. The third-order valence-electron chi connectivity index (χ3n) is 5.16. The third kappa shape index (κ3) is 5.84. The van der Waals surface area contributed by atoms with Gasteiger partial charge in [-0.15, -0.1) is 5.10 Å². The molecule has 1 aliphatic heterocycles. The van der Waals surface area contributed by atoms with Crippen molar-refractivity contribution in [1.82, 2.24) is 10.6 Å². The Kier molecular flexibility index (Phi) is 8.29. The largest absolute Gasteiger partial charge is 0.491 e. The lowest BCUT2D eigenvalue weighted by Gasteiger charge is -2.34. The zero-order chi connectivity index (χ0) is 21.2. The summed E-state index contributed by atoms with van der Waals surface area (Å²) in [4.78, 5) is 0. The molecule has 0 radical (unpaired) electrons. The van der Waals surface area contributed by atoms with Gasteiger partial charge in [0.25, 0.3) is 0 Å². The summed E-state index contributed by atoms with van der Waals surface area (Å²) in [5.74, 6) is 0.663. The number of anilines is 1. The summed E-state index contributed by atoms with van der Waals surface area (Å²) in [6, 6.07) is 16.7. The highest BCUT2D eigenvalue weighted by molar-refractivity contribution is 5.52. The summed E-state index contributed by atoms with van der Waals surface area (Å²) >= 11 is 0. The molecule has 0 aliphatic carbocycles. The van der Waals surface area contributed by atoms with Crippen molar-refractivity contribution in [3.63, 3.8) is 0 Å². The molecule has 0 bridgehead atoms. The fourth-order valence-corrected chi connectivity index (χ4v) is 3.69. The molecule has 0 spiro atoms. The topological polar surface area (TPSA) is 73.6 Å². The first-order valence-corrected chi connectivity index (χ1v) is 10.2. The van der Waals surface area contributed by atoms with Crippen molar-refractivity contribution in [3.05, 3.63) is 59.7 Å². The zero-order valence-corrected chi connectivity index (χ0v) is 17.3. The number of ether oxygens (including phenoxy) is 1. The Morgan fingerprint density at radius 2 is 2.10 bits per heavy atom. The highest BCUT2D eigenvalue weighted by Crippen LogP contribution is 2.28. The molecule has 1 aliphatic rings. The van der Waals surface area contributed by atoms with Gasteiger partial charge in [0.2, 0.25) is 0 Å². The minimum Gasteiger partial charge on any atom is -0.491 e. The lowest BCUT2D eigenvalue weighted by Crippen LogP contribution is -2.45. The summed E-state index contributed by atoms with van der Waals surface area (Å²) in [7, 11) is 1.78. The highest BCUT2D eigenvalue weighted by atomic mass is 19.1. The number of nitrogens with zero attached hydrogens (tertiary/aromatic N) is 4. The van der Waals surface area contributed by atoms with Crippen LogP contribution in [0.15, 0.2) is 64.1 Å². The Balaban J connectivity index is 1.77. The number of nitrogens with one attached hydrogen (secondary N) is 2. The number of hydrogen-bond donors (Lipinski definition) is 2. The maximum atomic E-state index is 12.7. The minimum absolute atomic E-state index is 0.0277. The molecular formula is C22H29FN6O. The Bertz CT molecular complexity index is 832. The molecule has 160 valence electrons. The monoisotopic (exact) mass is 412 g/mol. The normalized spacial score (nSPS) is 19.0. The van der Waals surface area contributed by atoms with Gasteiger partial charge < -0.3 is 15.4 Å². The molecule has 2 aromatic rings. The summed E-state index contributed by atoms with van der Waals surface area (Å²) < 4.78 is 18.3. The van der Waals surface area contributed by atoms with Crippen molar-refractivity contribution in [2.45, 2.75) is 31.5 Å². The van der Waals surface area contributed by atoms with Gasteiger partial charge in [0.05, 0.1) is 5.69 Å². The maximum absolute atomic E-state index is 12.7. The molecule has 30 heavy (non-hydrogen) atoms. The van der Waals surface area contributed by atoms with Crippen molar-refractivity contribution in [2.75, 3.05) is 31.9 Å². The van der Waals surface area contributed by atoms with Gasteiger partial charge >= 0.3 is 0 Å². The molecule has 1 heterocycles. The van der Waals surface area contributed by atoms with Gasteiger partial charge in [-0.05, 0) is 53.6 Å². The number of halogens is 1. The predicted octanol–water partition coefficient (Wildman–Crippen LogP) is 4.04. The second-order valence-corrected chi connectivity index (χ2v) is 7.15. The molecule has 3 rings (SSSR count). The van der Waals surface area contributed by atoms with Gasteiger partial charge in [-0.3, -0.25) is 0 Å². The van der Waals surface area contributed by atoms with Crippen LogP contribution in [0.3, 0.4) is 0 Å². The van der Waals surface area contributed by atoms with Crippen LogP contribution in [-0.4, -0.2) is 39.6 Å². The van der Waals surface area contributed by atoms with Crippen molar-refractivity contribution in [1.29, 1.82) is 0 Å². The van der Waals surface area contributed by atoms with Gasteiger partial charge in [0, 0.05) is 38.0 Å². The van der Waals surface area contributed by atoms with Crippen molar-refractivity contribution in [3.8, 4) is 5.75 Å². The average molecular weight is 413 g/mol. The standard InChI is InChI=1S/C22H29FN6O/c1-24-27-28-29(2)19-10-11-21(30-14-12-23)18(15-19)16-26-20-9-6-13-25-22(20)17-7-4-3-5-8-17/h3-5,7-8,10-11,15,20,22,25-26H,1,6,9,12-14,16H2,2H3/b28-27-/t20-,22-/m0/s1. The quantitative estimate of drug-likeness (QED) is 0.351. The molecule has 2 aromatic carbocycles. The summed E-state index contributed by atoms with van der Waals surface area (Å²) in [5.41, 5.74) is 3.04. The van der Waals surface area contributed by atoms with Crippen molar-refractivity contribution in [2.24, 2.45) is 15.5 Å². The lowest BCUT2D eigenvalue weighted by molar-refractivity contribution is 0.267. The van der Waals surface area contributed by atoms with Gasteiger partial charge in [-0.2, -0.15) is 0 Å². The van der Waals surface area contributed by atoms with Gasteiger partial charge in [-0.25, -0.2) is 9.40 Å². The summed E-state index contributed by atoms with van der Waals surface area (Å²) in [6.45, 7) is 4.39. The molecule has 1 fully saturated rings. The van der Waals surface area contributed by atoms with E-state index in [0.29, 0.717) is 12.3 Å². The van der Waals surface area contributed by atoms with Crippen molar-refractivity contribution >= 4 is 12.4 Å². The van der Waals surface area contributed by atoms with E-state index in [0.717, 1.165) is 30.6 Å². The Labute approximate surface area is 177 Å². The number of alkyl halides is 1. The summed E-state index contributed by atoms with van der Waals surface area (Å²) in [6.07, 6.45) is 2.19. The molecule has 0 aromatic heterocycles. The minimum atomic E-state index is -0.531. The second kappa shape index (κ2) is 11.4. The van der Waals surface area contributed by atoms with Gasteiger partial charge in [0.1, 0.15) is 19.0 Å². The summed E-state index contributed by atoms with van der Waals surface area (Å²) in [5, 5.41) is 19.8. The van der Waals surface area contributed by atoms with Crippen LogP contribution in [-0.2, 0) is 6.54 Å². The van der Waals surface area contributed by atoms with E-state index in [1.807, 2.05) is 24.3 Å². The lowest BCUT2D eigenvalue weighted by atomic mass is 9.92. The number of rotatable bonds is 10. The smallest absolute Gasteiger partial charge is 0.124 e. The van der Waals surface area contributed by atoms with Crippen molar-refractivity contribution < 1.29 is 9.13 Å². The Morgan fingerprint density at radius 3 is 2.87 bits per heavy atom. The van der Waals surface area contributed by atoms with Crippen LogP contribution < -0.4 is 20.4 Å². The Hall–Kier alpha value is -2.84. The van der Waals surface area contributed by atoms with Crippen LogP contribution in [0.1, 0.15) is 30.0 Å². The molecule has 0 saturated carbocycles.